The lowest BCUT2D eigenvalue weighted by Gasteiger charge is -2.17. The van der Waals surface area contributed by atoms with Crippen LogP contribution < -0.4 is 15.8 Å². The quantitative estimate of drug-likeness (QED) is 0.643. The third-order valence-corrected chi connectivity index (χ3v) is 3.07. The number of benzene rings is 1. The van der Waals surface area contributed by atoms with Gasteiger partial charge in [0.15, 0.2) is 0 Å². The van der Waals surface area contributed by atoms with Gasteiger partial charge >= 0.3 is 0 Å². The number of hydrogen-bond donors (Lipinski definition) is 2. The van der Waals surface area contributed by atoms with Gasteiger partial charge in [0.05, 0.1) is 20.3 Å². The van der Waals surface area contributed by atoms with Gasteiger partial charge in [-0.3, -0.25) is 9.69 Å². The van der Waals surface area contributed by atoms with Crippen molar-refractivity contribution in [2.24, 2.45) is 5.73 Å². The van der Waals surface area contributed by atoms with E-state index in [0.29, 0.717) is 32.8 Å². The molecule has 1 rings (SSSR count). The standard InChI is InChI=1S/C15H25N3O3/c1-18(11-15(19)17-6-7-20-2)10-12-4-5-13(9-16)14(8-12)21-3/h4-5,8H,6-7,9-11,16H2,1-3H3,(H,17,19). The number of amides is 1. The van der Waals surface area contributed by atoms with E-state index in [-0.39, 0.29) is 5.91 Å². The summed E-state index contributed by atoms with van der Waals surface area (Å²) in [5.74, 6) is 0.771. The lowest BCUT2D eigenvalue weighted by atomic mass is 10.1. The summed E-state index contributed by atoms with van der Waals surface area (Å²) in [6.07, 6.45) is 0. The molecule has 3 N–H and O–H groups in total. The normalized spacial score (nSPS) is 10.7. The maximum atomic E-state index is 11.7. The van der Waals surface area contributed by atoms with E-state index in [1.54, 1.807) is 14.2 Å². The van der Waals surface area contributed by atoms with Crippen molar-refractivity contribution in [3.63, 3.8) is 0 Å². The van der Waals surface area contributed by atoms with E-state index in [1.807, 2.05) is 30.1 Å². The number of hydrogen-bond acceptors (Lipinski definition) is 5. The van der Waals surface area contributed by atoms with Crippen LogP contribution in [-0.2, 0) is 22.6 Å². The molecule has 6 nitrogen and oxygen atoms in total. The Bertz CT molecular complexity index is 452. The molecule has 0 aliphatic carbocycles. The number of methoxy groups -OCH3 is 2. The lowest BCUT2D eigenvalue weighted by molar-refractivity contribution is -0.122. The smallest absolute Gasteiger partial charge is 0.234 e. The van der Waals surface area contributed by atoms with Crippen LogP contribution >= 0.6 is 0 Å². The van der Waals surface area contributed by atoms with Crippen LogP contribution in [0.4, 0.5) is 0 Å². The number of carbonyl (C=O) groups is 1. The summed E-state index contributed by atoms with van der Waals surface area (Å²) in [4.78, 5) is 13.6. The molecule has 1 aromatic carbocycles. The Morgan fingerprint density at radius 1 is 1.38 bits per heavy atom. The zero-order valence-electron chi connectivity index (χ0n) is 13.0. The van der Waals surface area contributed by atoms with Crippen molar-refractivity contribution < 1.29 is 14.3 Å². The van der Waals surface area contributed by atoms with Crippen LogP contribution in [0.15, 0.2) is 18.2 Å². The summed E-state index contributed by atoms with van der Waals surface area (Å²) in [5, 5.41) is 2.79. The molecule has 0 bridgehead atoms. The maximum Gasteiger partial charge on any atom is 0.234 e. The first-order valence-electron chi connectivity index (χ1n) is 6.90. The lowest BCUT2D eigenvalue weighted by Crippen LogP contribution is -2.36. The second-order valence-corrected chi connectivity index (χ2v) is 4.87. The van der Waals surface area contributed by atoms with Crippen LogP contribution in [0.25, 0.3) is 0 Å². The van der Waals surface area contributed by atoms with Gasteiger partial charge in [-0.15, -0.1) is 0 Å². The molecule has 1 aromatic rings. The molecule has 0 aromatic heterocycles. The third kappa shape index (κ3) is 6.12. The van der Waals surface area contributed by atoms with Crippen LogP contribution in [0.3, 0.4) is 0 Å². The highest BCUT2D eigenvalue weighted by Gasteiger charge is 2.08. The van der Waals surface area contributed by atoms with Crippen LogP contribution in [-0.4, -0.2) is 51.8 Å². The predicted octanol–water partition coefficient (Wildman–Crippen LogP) is 0.348. The molecule has 0 saturated heterocycles. The Morgan fingerprint density at radius 3 is 2.76 bits per heavy atom. The molecule has 21 heavy (non-hydrogen) atoms. The largest absolute Gasteiger partial charge is 0.496 e. The molecule has 0 atom stereocenters. The van der Waals surface area contributed by atoms with Gasteiger partial charge in [-0.05, 0) is 18.7 Å². The molecule has 0 heterocycles. The first-order valence-corrected chi connectivity index (χ1v) is 6.90. The van der Waals surface area contributed by atoms with Gasteiger partial charge in [0.1, 0.15) is 5.75 Å². The average Bonchev–Trinajstić information content (AvgIpc) is 2.47. The molecule has 0 spiro atoms. The number of carbonyl (C=O) groups excluding carboxylic acids is 1. The van der Waals surface area contributed by atoms with Crippen molar-refractivity contribution in [1.82, 2.24) is 10.2 Å². The fraction of sp³-hybridized carbons (Fsp3) is 0.533. The van der Waals surface area contributed by atoms with Gasteiger partial charge in [-0.1, -0.05) is 12.1 Å². The Morgan fingerprint density at radius 2 is 2.14 bits per heavy atom. The van der Waals surface area contributed by atoms with Crippen LogP contribution in [0.5, 0.6) is 5.75 Å². The van der Waals surface area contributed by atoms with E-state index in [2.05, 4.69) is 5.32 Å². The second kappa shape index (κ2) is 9.33. The number of likely N-dealkylation sites (N-methyl/N-ethyl adjacent to an activating group) is 1. The molecule has 0 unspecified atom stereocenters. The van der Waals surface area contributed by atoms with E-state index in [9.17, 15) is 4.79 Å². The first kappa shape index (κ1) is 17.4. The van der Waals surface area contributed by atoms with Gasteiger partial charge in [0, 0.05) is 32.3 Å². The third-order valence-electron chi connectivity index (χ3n) is 3.07. The zero-order chi connectivity index (χ0) is 15.7. The fourth-order valence-corrected chi connectivity index (χ4v) is 2.02. The number of ether oxygens (including phenoxy) is 2. The second-order valence-electron chi connectivity index (χ2n) is 4.87. The highest BCUT2D eigenvalue weighted by Crippen LogP contribution is 2.20. The summed E-state index contributed by atoms with van der Waals surface area (Å²) < 4.78 is 10.2. The monoisotopic (exact) mass is 295 g/mol. The summed E-state index contributed by atoms with van der Waals surface area (Å²) in [7, 11) is 5.14. The number of nitrogens with one attached hydrogen (secondary N) is 1. The predicted molar refractivity (Wildman–Crippen MR) is 82.1 cm³/mol. The minimum Gasteiger partial charge on any atom is -0.496 e. The van der Waals surface area contributed by atoms with Gasteiger partial charge in [0.2, 0.25) is 5.91 Å². The summed E-state index contributed by atoms with van der Waals surface area (Å²) in [6.45, 7) is 2.50. The molecular formula is C15H25N3O3. The Hall–Kier alpha value is -1.63. The Labute approximate surface area is 126 Å². The minimum absolute atomic E-state index is 0.0138. The molecular weight excluding hydrogens is 270 g/mol. The van der Waals surface area contributed by atoms with Gasteiger partial charge in [0.25, 0.3) is 0 Å². The Balaban J connectivity index is 2.50. The molecule has 0 saturated carbocycles. The van der Waals surface area contributed by atoms with E-state index in [1.165, 1.54) is 0 Å². The van der Waals surface area contributed by atoms with Crippen LogP contribution in [0, 0.1) is 0 Å². The van der Waals surface area contributed by atoms with Crippen molar-refractivity contribution in [2.75, 3.05) is 41.0 Å². The summed E-state index contributed by atoms with van der Waals surface area (Å²) >= 11 is 0. The number of nitrogens with zero attached hydrogens (tertiary/aromatic N) is 1. The molecule has 118 valence electrons. The molecule has 6 heteroatoms. The average molecular weight is 295 g/mol. The molecule has 0 fully saturated rings. The molecule has 1 amide bonds. The Kier molecular flexibility index (Phi) is 7.74. The number of nitrogens with two attached hydrogens (primary N) is 1. The SMILES string of the molecule is COCCNC(=O)CN(C)Cc1ccc(CN)c(OC)c1. The van der Waals surface area contributed by atoms with E-state index < -0.39 is 0 Å². The van der Waals surface area contributed by atoms with E-state index in [4.69, 9.17) is 15.2 Å². The fourth-order valence-electron chi connectivity index (χ4n) is 2.02. The minimum atomic E-state index is -0.0138. The molecule has 0 aliphatic rings. The van der Waals surface area contributed by atoms with E-state index >= 15 is 0 Å². The van der Waals surface area contributed by atoms with Gasteiger partial charge < -0.3 is 20.5 Å². The van der Waals surface area contributed by atoms with Crippen molar-refractivity contribution >= 4 is 5.91 Å². The maximum absolute atomic E-state index is 11.7. The molecule has 0 aliphatic heterocycles. The van der Waals surface area contributed by atoms with Crippen molar-refractivity contribution in [1.29, 1.82) is 0 Å². The van der Waals surface area contributed by atoms with Crippen molar-refractivity contribution in [2.45, 2.75) is 13.1 Å². The van der Waals surface area contributed by atoms with Crippen molar-refractivity contribution in [3.8, 4) is 5.75 Å². The number of rotatable bonds is 9. The van der Waals surface area contributed by atoms with Gasteiger partial charge in [-0.2, -0.15) is 0 Å². The van der Waals surface area contributed by atoms with Gasteiger partial charge in [-0.25, -0.2) is 0 Å². The molecule has 0 radical (unpaired) electrons. The van der Waals surface area contributed by atoms with Crippen molar-refractivity contribution in [3.05, 3.63) is 29.3 Å². The summed E-state index contributed by atoms with van der Waals surface area (Å²) in [5.41, 5.74) is 7.70. The highest BCUT2D eigenvalue weighted by atomic mass is 16.5. The zero-order valence-corrected chi connectivity index (χ0v) is 13.0. The topological polar surface area (TPSA) is 76.8 Å². The van der Waals surface area contributed by atoms with E-state index in [0.717, 1.165) is 16.9 Å². The first-order chi connectivity index (χ1) is 10.1. The summed E-state index contributed by atoms with van der Waals surface area (Å²) in [6, 6.07) is 5.92. The highest BCUT2D eigenvalue weighted by molar-refractivity contribution is 5.77. The van der Waals surface area contributed by atoms with Crippen LogP contribution in [0.2, 0.25) is 0 Å². The van der Waals surface area contributed by atoms with Crippen LogP contribution in [0.1, 0.15) is 11.1 Å².